The summed E-state index contributed by atoms with van der Waals surface area (Å²) in [5, 5.41) is 6.94. The number of methoxy groups -OCH3 is 1. The molecule has 2 aromatic heterocycles. The van der Waals surface area contributed by atoms with Gasteiger partial charge in [-0.25, -0.2) is 0 Å². The van der Waals surface area contributed by atoms with Crippen LogP contribution in [0.1, 0.15) is 34.7 Å². The lowest BCUT2D eigenvalue weighted by Crippen LogP contribution is -2.37. The molecule has 5 rings (SSSR count). The van der Waals surface area contributed by atoms with Gasteiger partial charge in [-0.1, -0.05) is 30.3 Å². The van der Waals surface area contributed by atoms with Gasteiger partial charge in [0.2, 0.25) is 5.91 Å². The smallest absolute Gasteiger partial charge is 0.244 e. The summed E-state index contributed by atoms with van der Waals surface area (Å²) in [6.07, 6.45) is 1.78. The Balaban J connectivity index is 1.54. The van der Waals surface area contributed by atoms with Crippen molar-refractivity contribution >= 4 is 28.9 Å². The largest absolute Gasteiger partial charge is 0.497 e. The van der Waals surface area contributed by atoms with Crippen molar-refractivity contribution in [3.8, 4) is 11.4 Å². The summed E-state index contributed by atoms with van der Waals surface area (Å²) in [4.78, 5) is 19.7. The van der Waals surface area contributed by atoms with Gasteiger partial charge in [0.15, 0.2) is 5.11 Å². The first kappa shape index (κ1) is 24.5. The zero-order valence-electron chi connectivity index (χ0n) is 21.0. The number of aryl methyl sites for hydroxylation is 1. The molecule has 4 aromatic rings. The van der Waals surface area contributed by atoms with Crippen LogP contribution in [0.2, 0.25) is 0 Å². The number of thiocarbonyl (C=S) groups is 1. The fourth-order valence-corrected chi connectivity index (χ4v) is 5.33. The lowest BCUT2D eigenvalue weighted by molar-refractivity contribution is -0.116. The van der Waals surface area contributed by atoms with Crippen molar-refractivity contribution in [1.82, 2.24) is 19.8 Å². The van der Waals surface area contributed by atoms with Crippen LogP contribution in [0.15, 0.2) is 85.1 Å². The third-order valence-corrected chi connectivity index (χ3v) is 7.02. The first-order valence-corrected chi connectivity index (χ1v) is 12.5. The Bertz CT molecular complexity index is 1420. The number of anilines is 1. The number of amides is 1. The predicted molar refractivity (Wildman–Crippen MR) is 149 cm³/mol. The van der Waals surface area contributed by atoms with Gasteiger partial charge >= 0.3 is 0 Å². The normalized spacial score (nSPS) is 16.9. The van der Waals surface area contributed by atoms with Gasteiger partial charge in [-0.15, -0.1) is 0 Å². The SMILES string of the molecule is COc1cccc(-n2c(C)cc([C@@H]3[C@@H](c4ccccn4)NC(=S)N3CC(=O)Nc3ccccc3)c2C)c1. The molecule has 0 aliphatic carbocycles. The third-order valence-electron chi connectivity index (χ3n) is 6.67. The number of hydrogen-bond donors (Lipinski definition) is 2. The number of carbonyl (C=O) groups is 1. The third kappa shape index (κ3) is 4.93. The van der Waals surface area contributed by atoms with Crippen molar-refractivity contribution in [2.24, 2.45) is 0 Å². The zero-order valence-corrected chi connectivity index (χ0v) is 21.8. The van der Waals surface area contributed by atoms with Gasteiger partial charge in [0.25, 0.3) is 0 Å². The molecule has 0 bridgehead atoms. The fourth-order valence-electron chi connectivity index (χ4n) is 5.03. The first-order valence-electron chi connectivity index (χ1n) is 12.1. The molecule has 2 N–H and O–H groups in total. The van der Waals surface area contributed by atoms with E-state index < -0.39 is 0 Å². The van der Waals surface area contributed by atoms with E-state index >= 15 is 0 Å². The average Bonchev–Trinajstić information content (AvgIpc) is 3.39. The molecule has 8 heteroatoms. The van der Waals surface area contributed by atoms with E-state index in [0.29, 0.717) is 5.11 Å². The molecule has 37 heavy (non-hydrogen) atoms. The quantitative estimate of drug-likeness (QED) is 0.336. The number of pyridine rings is 1. The van der Waals surface area contributed by atoms with Crippen LogP contribution >= 0.6 is 12.2 Å². The highest BCUT2D eigenvalue weighted by Crippen LogP contribution is 2.41. The second-order valence-electron chi connectivity index (χ2n) is 9.03. The molecule has 188 valence electrons. The molecular formula is C29H29N5O2S. The number of carbonyl (C=O) groups excluding carboxylic acids is 1. The van der Waals surface area contributed by atoms with Crippen LogP contribution in [0, 0.1) is 13.8 Å². The van der Waals surface area contributed by atoms with Gasteiger partial charge in [-0.3, -0.25) is 9.78 Å². The molecule has 0 radical (unpaired) electrons. The Morgan fingerprint density at radius 1 is 1.05 bits per heavy atom. The maximum absolute atomic E-state index is 13.1. The molecule has 1 aliphatic rings. The maximum atomic E-state index is 13.1. The number of ether oxygens (including phenoxy) is 1. The van der Waals surface area contributed by atoms with Gasteiger partial charge in [-0.2, -0.15) is 0 Å². The topological polar surface area (TPSA) is 71.4 Å². The van der Waals surface area contributed by atoms with Gasteiger partial charge in [0, 0.05) is 35.0 Å². The van der Waals surface area contributed by atoms with Crippen LogP contribution < -0.4 is 15.4 Å². The Hall–Kier alpha value is -4.17. The lowest BCUT2D eigenvalue weighted by atomic mass is 9.96. The van der Waals surface area contributed by atoms with E-state index in [9.17, 15) is 4.79 Å². The predicted octanol–water partition coefficient (Wildman–Crippen LogP) is 5.11. The number of aromatic nitrogens is 2. The summed E-state index contributed by atoms with van der Waals surface area (Å²) < 4.78 is 7.67. The Labute approximate surface area is 222 Å². The van der Waals surface area contributed by atoms with E-state index in [1.54, 1.807) is 13.3 Å². The summed E-state index contributed by atoms with van der Waals surface area (Å²) in [5.41, 5.74) is 5.85. The number of benzene rings is 2. The molecule has 0 unspecified atom stereocenters. The fraction of sp³-hybridized carbons (Fsp3) is 0.207. The van der Waals surface area contributed by atoms with E-state index in [0.717, 1.165) is 39.8 Å². The van der Waals surface area contributed by atoms with E-state index in [4.69, 9.17) is 17.0 Å². The van der Waals surface area contributed by atoms with E-state index in [2.05, 4.69) is 46.2 Å². The first-order chi connectivity index (χ1) is 18.0. The number of para-hydroxylation sites is 1. The molecule has 3 heterocycles. The van der Waals surface area contributed by atoms with Crippen molar-refractivity contribution in [2.45, 2.75) is 25.9 Å². The number of nitrogens with one attached hydrogen (secondary N) is 2. The van der Waals surface area contributed by atoms with Gasteiger partial charge in [0.1, 0.15) is 12.3 Å². The van der Waals surface area contributed by atoms with Crippen LogP contribution in [0.25, 0.3) is 5.69 Å². The maximum Gasteiger partial charge on any atom is 0.244 e. The zero-order chi connectivity index (χ0) is 25.9. The summed E-state index contributed by atoms with van der Waals surface area (Å²) >= 11 is 5.77. The highest BCUT2D eigenvalue weighted by Gasteiger charge is 2.42. The van der Waals surface area contributed by atoms with Crippen LogP contribution in [0.5, 0.6) is 5.75 Å². The molecule has 1 aliphatic heterocycles. The summed E-state index contributed by atoms with van der Waals surface area (Å²) in [6, 6.07) is 25.0. The molecule has 0 spiro atoms. The van der Waals surface area contributed by atoms with Crippen molar-refractivity contribution in [1.29, 1.82) is 0 Å². The van der Waals surface area contributed by atoms with Gasteiger partial charge in [0.05, 0.1) is 24.9 Å². The highest BCUT2D eigenvalue weighted by atomic mass is 32.1. The molecule has 0 saturated carbocycles. The Morgan fingerprint density at radius 2 is 1.84 bits per heavy atom. The van der Waals surface area contributed by atoms with Crippen LogP contribution in [0.3, 0.4) is 0 Å². The minimum atomic E-state index is -0.227. The molecule has 1 amide bonds. The summed E-state index contributed by atoms with van der Waals surface area (Å²) in [5.74, 6) is 0.657. The molecule has 2 atom stereocenters. The van der Waals surface area contributed by atoms with Crippen LogP contribution in [-0.2, 0) is 4.79 Å². The van der Waals surface area contributed by atoms with E-state index in [1.807, 2.05) is 71.6 Å². The van der Waals surface area contributed by atoms with E-state index in [-0.39, 0.29) is 24.5 Å². The molecule has 7 nitrogen and oxygen atoms in total. The molecule has 1 saturated heterocycles. The average molecular weight is 512 g/mol. The van der Waals surface area contributed by atoms with Gasteiger partial charge < -0.3 is 24.8 Å². The standard InChI is InChI=1S/C29H29N5O2S/c1-19-16-24(20(2)34(19)22-12-9-13-23(17-22)36-3)28-27(25-14-7-8-15-30-25)32-29(37)33(28)18-26(35)31-21-10-5-4-6-11-21/h4-17,27-28H,18H2,1-3H3,(H,31,35)(H,32,37)/t27-,28-/m1/s1. The molecule has 2 aromatic carbocycles. The number of nitrogens with zero attached hydrogens (tertiary/aromatic N) is 3. The lowest BCUT2D eigenvalue weighted by Gasteiger charge is -2.27. The van der Waals surface area contributed by atoms with Crippen molar-refractivity contribution in [3.05, 3.63) is 108 Å². The number of rotatable bonds is 7. The summed E-state index contributed by atoms with van der Waals surface area (Å²) in [7, 11) is 1.67. The van der Waals surface area contributed by atoms with Crippen molar-refractivity contribution in [2.75, 3.05) is 19.0 Å². The van der Waals surface area contributed by atoms with Gasteiger partial charge in [-0.05, 0) is 74.1 Å². The minimum Gasteiger partial charge on any atom is -0.497 e. The summed E-state index contributed by atoms with van der Waals surface area (Å²) in [6.45, 7) is 4.29. The number of hydrogen-bond acceptors (Lipinski definition) is 4. The van der Waals surface area contributed by atoms with Crippen molar-refractivity contribution in [3.63, 3.8) is 0 Å². The van der Waals surface area contributed by atoms with Crippen LogP contribution in [0.4, 0.5) is 5.69 Å². The monoisotopic (exact) mass is 511 g/mol. The minimum absolute atomic E-state index is 0.109. The van der Waals surface area contributed by atoms with Crippen molar-refractivity contribution < 1.29 is 9.53 Å². The Morgan fingerprint density at radius 3 is 2.57 bits per heavy atom. The molecular weight excluding hydrogens is 482 g/mol. The second-order valence-corrected chi connectivity index (χ2v) is 9.42. The Kier molecular flexibility index (Phi) is 6.92. The second kappa shape index (κ2) is 10.4. The molecule has 1 fully saturated rings. The van der Waals surface area contributed by atoms with E-state index in [1.165, 1.54) is 0 Å². The van der Waals surface area contributed by atoms with Crippen LogP contribution in [-0.4, -0.2) is 39.1 Å². The highest BCUT2D eigenvalue weighted by molar-refractivity contribution is 7.80.